The lowest BCUT2D eigenvalue weighted by molar-refractivity contribution is -0.132. The van der Waals surface area contributed by atoms with E-state index in [1.807, 2.05) is 31.2 Å². The van der Waals surface area contributed by atoms with Crippen LogP contribution in [0, 0.1) is 6.92 Å². The topological polar surface area (TPSA) is 49.3 Å². The first kappa shape index (κ1) is 14.9. The number of alkyl halides is 2. The van der Waals surface area contributed by atoms with Crippen LogP contribution in [-0.4, -0.2) is 30.1 Å². The van der Waals surface area contributed by atoms with Gasteiger partial charge in [-0.25, -0.2) is 8.78 Å². The number of amides is 1. The number of hydrogen-bond donors (Lipinski definition) is 2. The van der Waals surface area contributed by atoms with Crippen molar-refractivity contribution in [1.82, 2.24) is 5.32 Å². The van der Waals surface area contributed by atoms with Crippen molar-refractivity contribution in [2.45, 2.75) is 37.5 Å². The molecule has 110 valence electrons. The lowest BCUT2D eigenvalue weighted by Gasteiger charge is -2.41. The van der Waals surface area contributed by atoms with E-state index in [1.165, 1.54) is 0 Å². The summed E-state index contributed by atoms with van der Waals surface area (Å²) in [5.74, 6) is -3.64. The molecule has 1 aromatic rings. The van der Waals surface area contributed by atoms with Gasteiger partial charge in [0.25, 0.3) is 5.92 Å². The quantitative estimate of drug-likeness (QED) is 0.870. The predicted molar refractivity (Wildman–Crippen MR) is 71.8 cm³/mol. The molecule has 1 aliphatic carbocycles. The van der Waals surface area contributed by atoms with Gasteiger partial charge in [-0.15, -0.1) is 0 Å². The fraction of sp³-hybridized carbons (Fsp3) is 0.533. The molecule has 0 unspecified atom stereocenters. The van der Waals surface area contributed by atoms with Gasteiger partial charge in [0.15, 0.2) is 0 Å². The maximum Gasteiger partial charge on any atom is 0.287 e. The van der Waals surface area contributed by atoms with Crippen LogP contribution in [0.4, 0.5) is 8.78 Å². The standard InChI is InChI=1S/C15H19F2NO2/c1-11-4-2-5-12(8-11)14(6-3-7-14)13(20)18-9-15(16,17)10-19/h2,4-5,8,19H,3,6-7,9-10H2,1H3,(H,18,20). The van der Waals surface area contributed by atoms with E-state index in [9.17, 15) is 13.6 Å². The minimum Gasteiger partial charge on any atom is -0.390 e. The number of carbonyl (C=O) groups is 1. The molecule has 1 saturated carbocycles. The van der Waals surface area contributed by atoms with Gasteiger partial charge in [0.2, 0.25) is 5.91 Å². The van der Waals surface area contributed by atoms with E-state index in [2.05, 4.69) is 5.32 Å². The van der Waals surface area contributed by atoms with Gasteiger partial charge in [-0.2, -0.15) is 0 Å². The zero-order chi connectivity index (χ0) is 14.8. The predicted octanol–water partition coefficient (Wildman–Crippen LogP) is 2.16. The Kier molecular flexibility index (Phi) is 4.09. The molecule has 1 aliphatic rings. The third kappa shape index (κ3) is 2.82. The SMILES string of the molecule is Cc1cccc(C2(C(=O)NCC(F)(F)CO)CCC2)c1. The Balaban J connectivity index is 2.13. The molecule has 2 rings (SSSR count). The highest BCUT2D eigenvalue weighted by Gasteiger charge is 2.46. The van der Waals surface area contributed by atoms with Crippen molar-refractivity contribution in [1.29, 1.82) is 0 Å². The second-order valence-corrected chi connectivity index (χ2v) is 5.50. The highest BCUT2D eigenvalue weighted by Crippen LogP contribution is 2.44. The molecule has 20 heavy (non-hydrogen) atoms. The molecular weight excluding hydrogens is 264 g/mol. The monoisotopic (exact) mass is 283 g/mol. The van der Waals surface area contributed by atoms with Gasteiger partial charge in [0, 0.05) is 0 Å². The molecule has 0 spiro atoms. The summed E-state index contributed by atoms with van der Waals surface area (Å²) in [6.07, 6.45) is 2.26. The summed E-state index contributed by atoms with van der Waals surface area (Å²) in [6.45, 7) is -0.145. The van der Waals surface area contributed by atoms with Crippen LogP contribution >= 0.6 is 0 Å². The minimum atomic E-state index is -3.27. The van der Waals surface area contributed by atoms with Crippen LogP contribution in [0.1, 0.15) is 30.4 Å². The molecule has 2 N–H and O–H groups in total. The maximum absolute atomic E-state index is 13.0. The molecule has 0 heterocycles. The van der Waals surface area contributed by atoms with Gasteiger partial charge in [-0.1, -0.05) is 36.2 Å². The van der Waals surface area contributed by atoms with Crippen molar-refractivity contribution in [2.75, 3.05) is 13.2 Å². The van der Waals surface area contributed by atoms with Crippen LogP contribution in [0.2, 0.25) is 0 Å². The zero-order valence-corrected chi connectivity index (χ0v) is 11.5. The van der Waals surface area contributed by atoms with Crippen LogP contribution in [0.25, 0.3) is 0 Å². The minimum absolute atomic E-state index is 0.373. The Morgan fingerprint density at radius 3 is 2.65 bits per heavy atom. The van der Waals surface area contributed by atoms with Crippen molar-refractivity contribution in [3.8, 4) is 0 Å². The average molecular weight is 283 g/mol. The summed E-state index contributed by atoms with van der Waals surface area (Å²) >= 11 is 0. The summed E-state index contributed by atoms with van der Waals surface area (Å²) in [5.41, 5.74) is 1.24. The van der Waals surface area contributed by atoms with E-state index >= 15 is 0 Å². The van der Waals surface area contributed by atoms with Crippen LogP contribution in [0.3, 0.4) is 0 Å². The van der Waals surface area contributed by atoms with Gasteiger partial charge in [0.1, 0.15) is 6.61 Å². The summed E-state index contributed by atoms with van der Waals surface area (Å²) in [7, 11) is 0. The number of carbonyl (C=O) groups excluding carboxylic acids is 1. The fourth-order valence-electron chi connectivity index (χ4n) is 2.55. The first-order chi connectivity index (χ1) is 9.39. The summed E-state index contributed by atoms with van der Waals surface area (Å²) < 4.78 is 26.1. The molecule has 1 fully saturated rings. The van der Waals surface area contributed by atoms with Crippen molar-refractivity contribution >= 4 is 5.91 Å². The van der Waals surface area contributed by atoms with Crippen molar-refractivity contribution in [2.24, 2.45) is 0 Å². The number of aliphatic hydroxyl groups is 1. The summed E-state index contributed by atoms with van der Waals surface area (Å²) in [5, 5.41) is 10.8. The Hall–Kier alpha value is -1.49. The molecule has 5 heteroatoms. The number of halogens is 2. The number of aryl methyl sites for hydroxylation is 1. The van der Waals surface area contributed by atoms with E-state index in [0.717, 1.165) is 17.5 Å². The third-order valence-electron chi connectivity index (χ3n) is 3.95. The number of nitrogens with one attached hydrogen (secondary N) is 1. The van der Waals surface area contributed by atoms with E-state index in [1.54, 1.807) is 0 Å². The lowest BCUT2D eigenvalue weighted by atomic mass is 9.63. The Morgan fingerprint density at radius 1 is 1.45 bits per heavy atom. The molecule has 3 nitrogen and oxygen atoms in total. The van der Waals surface area contributed by atoms with Crippen molar-refractivity contribution in [3.63, 3.8) is 0 Å². The normalized spacial score (nSPS) is 17.4. The van der Waals surface area contributed by atoms with Crippen molar-refractivity contribution < 1.29 is 18.7 Å². The average Bonchev–Trinajstić information content (AvgIpc) is 2.35. The first-order valence-corrected chi connectivity index (χ1v) is 6.74. The molecule has 0 atom stereocenters. The molecule has 0 aliphatic heterocycles. The number of aliphatic hydroxyl groups excluding tert-OH is 1. The number of benzene rings is 1. The van der Waals surface area contributed by atoms with E-state index < -0.39 is 24.5 Å². The zero-order valence-electron chi connectivity index (χ0n) is 11.5. The summed E-state index contributed by atoms with van der Waals surface area (Å²) in [6, 6.07) is 7.62. The molecule has 0 saturated heterocycles. The molecular formula is C15H19F2NO2. The Morgan fingerprint density at radius 2 is 2.15 bits per heavy atom. The highest BCUT2D eigenvalue weighted by molar-refractivity contribution is 5.89. The van der Waals surface area contributed by atoms with Crippen LogP contribution in [0.15, 0.2) is 24.3 Å². The second kappa shape index (κ2) is 5.48. The maximum atomic E-state index is 13.0. The van der Waals surface area contributed by atoms with E-state index in [-0.39, 0.29) is 5.91 Å². The fourth-order valence-corrected chi connectivity index (χ4v) is 2.55. The van der Waals surface area contributed by atoms with E-state index in [4.69, 9.17) is 5.11 Å². The molecule has 1 aromatic carbocycles. The van der Waals surface area contributed by atoms with E-state index in [0.29, 0.717) is 12.8 Å². The Bertz CT molecular complexity index is 498. The third-order valence-corrected chi connectivity index (χ3v) is 3.95. The summed E-state index contributed by atoms with van der Waals surface area (Å²) in [4.78, 5) is 12.3. The van der Waals surface area contributed by atoms with Crippen LogP contribution < -0.4 is 5.32 Å². The van der Waals surface area contributed by atoms with Gasteiger partial charge in [-0.3, -0.25) is 4.79 Å². The molecule has 0 radical (unpaired) electrons. The van der Waals surface area contributed by atoms with Crippen LogP contribution in [-0.2, 0) is 10.2 Å². The van der Waals surface area contributed by atoms with Crippen molar-refractivity contribution in [3.05, 3.63) is 35.4 Å². The first-order valence-electron chi connectivity index (χ1n) is 6.74. The Labute approximate surface area is 117 Å². The van der Waals surface area contributed by atoms with Gasteiger partial charge in [-0.05, 0) is 25.3 Å². The number of rotatable bonds is 5. The lowest BCUT2D eigenvalue weighted by Crippen LogP contribution is -2.52. The number of hydrogen-bond acceptors (Lipinski definition) is 2. The van der Waals surface area contributed by atoms with Crippen LogP contribution in [0.5, 0.6) is 0 Å². The largest absolute Gasteiger partial charge is 0.390 e. The van der Waals surface area contributed by atoms with Gasteiger partial charge < -0.3 is 10.4 Å². The van der Waals surface area contributed by atoms with Gasteiger partial charge in [0.05, 0.1) is 12.0 Å². The molecule has 1 amide bonds. The van der Waals surface area contributed by atoms with Gasteiger partial charge >= 0.3 is 0 Å². The molecule has 0 aromatic heterocycles. The highest BCUT2D eigenvalue weighted by atomic mass is 19.3. The smallest absolute Gasteiger partial charge is 0.287 e. The molecule has 0 bridgehead atoms. The second-order valence-electron chi connectivity index (χ2n) is 5.50.